The van der Waals surface area contributed by atoms with Crippen LogP contribution >= 0.6 is 0 Å². The Hall–Kier alpha value is -2.77. The van der Waals surface area contributed by atoms with Gasteiger partial charge in [-0.15, -0.1) is 0 Å². The Labute approximate surface area is 169 Å². The highest BCUT2D eigenvalue weighted by molar-refractivity contribution is 5.95. The summed E-state index contributed by atoms with van der Waals surface area (Å²) in [5.41, 5.74) is 0.942. The number of carbonyl (C=O) groups excluding carboxylic acids is 2. The van der Waals surface area contributed by atoms with Gasteiger partial charge in [-0.05, 0) is 42.9 Å². The molecule has 1 aliphatic heterocycles. The lowest BCUT2D eigenvalue weighted by Crippen LogP contribution is -2.46. The first-order valence-corrected chi connectivity index (χ1v) is 9.98. The number of carbonyl (C=O) groups is 2. The lowest BCUT2D eigenvalue weighted by Gasteiger charge is -2.30. The van der Waals surface area contributed by atoms with Gasteiger partial charge in [0.25, 0.3) is 0 Å². The standard InChI is InChI=1S/C21H27FN2O5/c1-3-15-17(20(26)29-11-12-7-5-4-6-8-12)18(24-21(27)23-15)13-9-14(22)19(25)16(10-13)28-2/h9-10,12,18,25H,3-8,11H2,1-2H3,(H2,23,24,27). The van der Waals surface area contributed by atoms with Gasteiger partial charge in [-0.25, -0.2) is 14.0 Å². The van der Waals surface area contributed by atoms with E-state index in [0.29, 0.717) is 24.6 Å². The van der Waals surface area contributed by atoms with Crippen LogP contribution in [0.2, 0.25) is 0 Å². The van der Waals surface area contributed by atoms with E-state index in [1.54, 1.807) is 0 Å². The Kier molecular flexibility index (Phi) is 6.61. The molecule has 158 valence electrons. The number of hydrogen-bond acceptors (Lipinski definition) is 5. The van der Waals surface area contributed by atoms with Gasteiger partial charge in [0.1, 0.15) is 0 Å². The van der Waals surface area contributed by atoms with Crippen LogP contribution in [-0.4, -0.2) is 30.8 Å². The summed E-state index contributed by atoms with van der Waals surface area (Å²) >= 11 is 0. The molecule has 3 rings (SSSR count). The van der Waals surface area contributed by atoms with Crippen LogP contribution in [0.5, 0.6) is 11.5 Å². The number of urea groups is 1. The number of methoxy groups -OCH3 is 1. The van der Waals surface area contributed by atoms with E-state index in [9.17, 15) is 19.1 Å². The summed E-state index contributed by atoms with van der Waals surface area (Å²) in [5.74, 6) is -1.81. The molecule has 1 aliphatic carbocycles. The van der Waals surface area contributed by atoms with Crippen LogP contribution in [0.15, 0.2) is 23.4 Å². The minimum Gasteiger partial charge on any atom is -0.502 e. The molecular weight excluding hydrogens is 379 g/mol. The maximum absolute atomic E-state index is 14.2. The number of phenolic OH excluding ortho intramolecular Hbond substituents is 1. The number of aromatic hydroxyl groups is 1. The van der Waals surface area contributed by atoms with Crippen molar-refractivity contribution >= 4 is 12.0 Å². The number of esters is 1. The summed E-state index contributed by atoms with van der Waals surface area (Å²) in [4.78, 5) is 25.1. The smallest absolute Gasteiger partial charge is 0.338 e. The van der Waals surface area contributed by atoms with Gasteiger partial charge in [0.15, 0.2) is 17.3 Å². The number of benzene rings is 1. The third-order valence-corrected chi connectivity index (χ3v) is 5.51. The second-order valence-electron chi connectivity index (χ2n) is 7.43. The number of allylic oxidation sites excluding steroid dienone is 1. The quantitative estimate of drug-likeness (QED) is 0.626. The Morgan fingerprint density at radius 1 is 1.28 bits per heavy atom. The largest absolute Gasteiger partial charge is 0.502 e. The van der Waals surface area contributed by atoms with Crippen molar-refractivity contribution in [2.45, 2.75) is 51.5 Å². The minimum atomic E-state index is -0.915. The summed E-state index contributed by atoms with van der Waals surface area (Å²) in [5, 5.41) is 15.1. The molecule has 8 heteroatoms. The summed E-state index contributed by atoms with van der Waals surface area (Å²) in [6.45, 7) is 2.14. The molecule has 29 heavy (non-hydrogen) atoms. The van der Waals surface area contributed by atoms with Gasteiger partial charge in [-0.3, -0.25) is 0 Å². The number of nitrogens with one attached hydrogen (secondary N) is 2. The van der Waals surface area contributed by atoms with Gasteiger partial charge in [-0.2, -0.15) is 0 Å². The highest BCUT2D eigenvalue weighted by Gasteiger charge is 2.34. The van der Waals surface area contributed by atoms with Crippen LogP contribution in [0, 0.1) is 11.7 Å². The summed E-state index contributed by atoms with van der Waals surface area (Å²) in [7, 11) is 1.30. The lowest BCUT2D eigenvalue weighted by atomic mass is 9.90. The first-order chi connectivity index (χ1) is 13.9. The molecule has 1 aromatic rings. The Balaban J connectivity index is 1.90. The van der Waals surface area contributed by atoms with E-state index in [0.717, 1.165) is 31.7 Å². The Bertz CT molecular complexity index is 818. The molecule has 2 amide bonds. The van der Waals surface area contributed by atoms with Crippen molar-refractivity contribution in [3.8, 4) is 11.5 Å². The molecule has 1 fully saturated rings. The fraction of sp³-hybridized carbons (Fsp3) is 0.524. The summed E-state index contributed by atoms with van der Waals surface area (Å²) < 4.78 is 24.8. The molecule has 1 saturated carbocycles. The van der Waals surface area contributed by atoms with E-state index in [1.165, 1.54) is 19.6 Å². The molecule has 1 heterocycles. The van der Waals surface area contributed by atoms with E-state index in [-0.39, 0.29) is 16.9 Å². The van der Waals surface area contributed by atoms with Gasteiger partial charge in [-0.1, -0.05) is 26.2 Å². The number of amides is 2. The fourth-order valence-corrected chi connectivity index (χ4v) is 3.93. The van der Waals surface area contributed by atoms with E-state index in [1.807, 2.05) is 6.92 Å². The molecule has 3 N–H and O–H groups in total. The number of ether oxygens (including phenoxy) is 2. The maximum atomic E-state index is 14.2. The van der Waals surface area contributed by atoms with E-state index in [4.69, 9.17) is 9.47 Å². The number of halogens is 1. The van der Waals surface area contributed by atoms with Crippen LogP contribution in [0.1, 0.15) is 57.1 Å². The van der Waals surface area contributed by atoms with Crippen molar-refractivity contribution < 1.29 is 28.6 Å². The zero-order chi connectivity index (χ0) is 21.0. The van der Waals surface area contributed by atoms with E-state index in [2.05, 4.69) is 10.6 Å². The van der Waals surface area contributed by atoms with E-state index >= 15 is 0 Å². The fourth-order valence-electron chi connectivity index (χ4n) is 3.93. The topological polar surface area (TPSA) is 96.9 Å². The second kappa shape index (κ2) is 9.15. The van der Waals surface area contributed by atoms with Crippen molar-refractivity contribution in [1.29, 1.82) is 0 Å². The number of phenols is 1. The van der Waals surface area contributed by atoms with Crippen LogP contribution in [0.4, 0.5) is 9.18 Å². The third-order valence-electron chi connectivity index (χ3n) is 5.51. The molecule has 0 bridgehead atoms. The molecule has 1 atom stereocenters. The van der Waals surface area contributed by atoms with Crippen LogP contribution in [0.3, 0.4) is 0 Å². The molecule has 1 aromatic carbocycles. The lowest BCUT2D eigenvalue weighted by molar-refractivity contribution is -0.141. The molecule has 0 aromatic heterocycles. The normalized spacial score (nSPS) is 20.1. The zero-order valence-corrected chi connectivity index (χ0v) is 16.7. The van der Waals surface area contributed by atoms with Crippen molar-refractivity contribution in [3.05, 3.63) is 34.8 Å². The predicted octanol–water partition coefficient (Wildman–Crippen LogP) is 3.68. The number of rotatable bonds is 6. The summed E-state index contributed by atoms with van der Waals surface area (Å²) in [6.07, 6.45) is 5.95. The monoisotopic (exact) mass is 406 g/mol. The van der Waals surface area contributed by atoms with Gasteiger partial charge >= 0.3 is 12.0 Å². The SMILES string of the molecule is CCC1=C(C(=O)OCC2CCCCC2)C(c2cc(F)c(O)c(OC)c2)NC(=O)N1. The summed E-state index contributed by atoms with van der Waals surface area (Å²) in [6, 6.07) is 1.07. The second-order valence-corrected chi connectivity index (χ2v) is 7.43. The molecular formula is C21H27FN2O5. The van der Waals surface area contributed by atoms with Crippen molar-refractivity contribution in [3.63, 3.8) is 0 Å². The van der Waals surface area contributed by atoms with Crippen LogP contribution < -0.4 is 15.4 Å². The molecule has 2 aliphatic rings. The first kappa shape index (κ1) is 21.0. The van der Waals surface area contributed by atoms with Gasteiger partial charge in [0.05, 0.1) is 25.3 Å². The number of hydrogen-bond donors (Lipinski definition) is 3. The van der Waals surface area contributed by atoms with Crippen LogP contribution in [0.25, 0.3) is 0 Å². The average Bonchev–Trinajstić information content (AvgIpc) is 2.73. The first-order valence-electron chi connectivity index (χ1n) is 9.98. The highest BCUT2D eigenvalue weighted by Crippen LogP contribution is 2.36. The van der Waals surface area contributed by atoms with Crippen molar-refractivity contribution in [2.75, 3.05) is 13.7 Å². The molecule has 7 nitrogen and oxygen atoms in total. The van der Waals surface area contributed by atoms with E-state index < -0.39 is 29.6 Å². The predicted molar refractivity (Wildman–Crippen MR) is 104 cm³/mol. The molecule has 0 saturated heterocycles. The van der Waals surface area contributed by atoms with Crippen molar-refractivity contribution in [1.82, 2.24) is 10.6 Å². The highest BCUT2D eigenvalue weighted by atomic mass is 19.1. The van der Waals surface area contributed by atoms with Gasteiger partial charge in [0.2, 0.25) is 0 Å². The van der Waals surface area contributed by atoms with Crippen LogP contribution in [-0.2, 0) is 9.53 Å². The Morgan fingerprint density at radius 3 is 2.66 bits per heavy atom. The van der Waals surface area contributed by atoms with Gasteiger partial charge in [0, 0.05) is 5.70 Å². The Morgan fingerprint density at radius 2 is 2.00 bits per heavy atom. The average molecular weight is 406 g/mol. The van der Waals surface area contributed by atoms with Gasteiger partial charge < -0.3 is 25.2 Å². The third kappa shape index (κ3) is 4.63. The molecule has 0 spiro atoms. The minimum absolute atomic E-state index is 0.0826. The molecule has 0 radical (unpaired) electrons. The maximum Gasteiger partial charge on any atom is 0.338 e. The molecule has 1 unspecified atom stereocenters. The zero-order valence-electron chi connectivity index (χ0n) is 16.7. The van der Waals surface area contributed by atoms with Crippen molar-refractivity contribution in [2.24, 2.45) is 5.92 Å².